The minimum Gasteiger partial charge on any atom is -0.459 e. The minimum absolute atomic E-state index is 0.0819. The molecule has 0 bridgehead atoms. The van der Waals surface area contributed by atoms with Gasteiger partial charge in [-0.3, -0.25) is 0 Å². The molecule has 3 aromatic carbocycles. The zero-order chi connectivity index (χ0) is 32.2. The van der Waals surface area contributed by atoms with Gasteiger partial charge in [0, 0.05) is 14.2 Å². The number of benzene rings is 3. The molecular formula is C39H46O6. The van der Waals surface area contributed by atoms with E-state index in [4.69, 9.17) is 18.9 Å². The van der Waals surface area contributed by atoms with E-state index in [0.717, 1.165) is 54.4 Å². The monoisotopic (exact) mass is 610 g/mol. The van der Waals surface area contributed by atoms with Crippen LogP contribution in [0.1, 0.15) is 68.9 Å². The molecule has 0 amide bonds. The highest BCUT2D eigenvalue weighted by Crippen LogP contribution is 2.38. The molecule has 45 heavy (non-hydrogen) atoms. The third-order valence-electron chi connectivity index (χ3n) is 8.39. The van der Waals surface area contributed by atoms with Gasteiger partial charge in [-0.15, -0.1) is 0 Å². The van der Waals surface area contributed by atoms with Crippen LogP contribution in [0, 0.1) is 0 Å². The van der Waals surface area contributed by atoms with Crippen molar-refractivity contribution in [3.05, 3.63) is 102 Å². The molecule has 1 aliphatic rings. The van der Waals surface area contributed by atoms with Gasteiger partial charge in [-0.1, -0.05) is 87.5 Å². The molecule has 0 spiro atoms. The zero-order valence-corrected chi connectivity index (χ0v) is 26.9. The Balaban J connectivity index is 1.52. The summed E-state index contributed by atoms with van der Waals surface area (Å²) in [5, 5.41) is 0. The van der Waals surface area contributed by atoms with E-state index >= 15 is 0 Å². The Hall–Kier alpha value is -4.00. The first-order valence-corrected chi connectivity index (χ1v) is 15.9. The second kappa shape index (κ2) is 16.9. The summed E-state index contributed by atoms with van der Waals surface area (Å²) in [6, 6.07) is 23.2. The van der Waals surface area contributed by atoms with Crippen LogP contribution in [0.2, 0.25) is 0 Å². The van der Waals surface area contributed by atoms with Gasteiger partial charge >= 0.3 is 11.9 Å². The highest BCUT2D eigenvalue weighted by Gasteiger charge is 2.26. The Bertz CT molecular complexity index is 1450. The molecule has 238 valence electrons. The predicted molar refractivity (Wildman–Crippen MR) is 179 cm³/mol. The molecule has 0 heterocycles. The average Bonchev–Trinajstić information content (AvgIpc) is 3.06. The van der Waals surface area contributed by atoms with E-state index in [1.165, 1.54) is 44.6 Å². The average molecular weight is 611 g/mol. The highest BCUT2D eigenvalue weighted by atomic mass is 16.5. The second-order valence-electron chi connectivity index (χ2n) is 11.8. The summed E-state index contributed by atoms with van der Waals surface area (Å²) in [5.74, 6) is 0.00337. The van der Waals surface area contributed by atoms with E-state index in [9.17, 15) is 9.59 Å². The molecule has 0 unspecified atom stereocenters. The van der Waals surface area contributed by atoms with Gasteiger partial charge < -0.3 is 18.9 Å². The number of methoxy groups -OCH3 is 2. The zero-order valence-electron chi connectivity index (χ0n) is 26.9. The van der Waals surface area contributed by atoms with E-state index in [1.54, 1.807) is 0 Å². The number of carbonyl (C=O) groups excluding carboxylic acids is 2. The van der Waals surface area contributed by atoms with E-state index in [1.807, 2.05) is 18.2 Å². The van der Waals surface area contributed by atoms with Crippen molar-refractivity contribution in [2.45, 2.75) is 70.3 Å². The number of unbranched alkanes of at least 4 members (excludes halogenated alkanes) is 2. The Morgan fingerprint density at radius 2 is 1.33 bits per heavy atom. The van der Waals surface area contributed by atoms with Crippen molar-refractivity contribution in [1.82, 2.24) is 0 Å². The smallest absolute Gasteiger partial charge is 0.341 e. The summed E-state index contributed by atoms with van der Waals surface area (Å²) in [4.78, 5) is 24.8. The SMILES string of the molecule is C=C(COC)C(=O)Oc1ccc(-c2ccc(C3CCC(OC(=O)C(=C)COC)CC3)cc2)c(-c2ccc(CCCCC)cc2)c1. The Kier molecular flexibility index (Phi) is 12.7. The van der Waals surface area contributed by atoms with Crippen molar-refractivity contribution >= 4 is 11.9 Å². The molecule has 0 radical (unpaired) electrons. The lowest BCUT2D eigenvalue weighted by Crippen LogP contribution is -2.25. The largest absolute Gasteiger partial charge is 0.459 e. The molecule has 0 N–H and O–H groups in total. The fourth-order valence-corrected chi connectivity index (χ4v) is 5.84. The van der Waals surface area contributed by atoms with Crippen molar-refractivity contribution in [3.63, 3.8) is 0 Å². The maximum absolute atomic E-state index is 12.6. The molecule has 4 rings (SSSR count). The molecule has 0 aromatic heterocycles. The number of aryl methyl sites for hydroxylation is 1. The Morgan fingerprint density at radius 1 is 0.733 bits per heavy atom. The molecule has 6 heteroatoms. The molecule has 1 saturated carbocycles. The van der Waals surface area contributed by atoms with Crippen LogP contribution in [0.4, 0.5) is 0 Å². The summed E-state index contributed by atoms with van der Waals surface area (Å²) in [5.41, 5.74) is 7.41. The number of hydrogen-bond donors (Lipinski definition) is 0. The van der Waals surface area contributed by atoms with Crippen molar-refractivity contribution < 1.29 is 28.5 Å². The summed E-state index contributed by atoms with van der Waals surface area (Å²) in [7, 11) is 3.06. The first-order chi connectivity index (χ1) is 21.8. The van der Waals surface area contributed by atoms with E-state index in [2.05, 4.69) is 68.6 Å². The molecule has 1 aliphatic carbocycles. The summed E-state index contributed by atoms with van der Waals surface area (Å²) < 4.78 is 21.4. The van der Waals surface area contributed by atoms with Crippen LogP contribution >= 0.6 is 0 Å². The molecule has 6 nitrogen and oxygen atoms in total. The van der Waals surface area contributed by atoms with Gasteiger partial charge in [0.15, 0.2) is 0 Å². The molecule has 1 fully saturated rings. The third kappa shape index (κ3) is 9.49. The highest BCUT2D eigenvalue weighted by molar-refractivity contribution is 5.91. The van der Waals surface area contributed by atoms with Crippen molar-refractivity contribution in [3.8, 4) is 28.0 Å². The predicted octanol–water partition coefficient (Wildman–Crippen LogP) is 8.63. The third-order valence-corrected chi connectivity index (χ3v) is 8.39. The van der Waals surface area contributed by atoms with Crippen molar-refractivity contribution in [2.24, 2.45) is 0 Å². The minimum atomic E-state index is -0.504. The Labute approximate surface area is 268 Å². The van der Waals surface area contributed by atoms with E-state index in [0.29, 0.717) is 17.2 Å². The number of carbonyl (C=O) groups is 2. The van der Waals surface area contributed by atoms with Gasteiger partial charge in [-0.2, -0.15) is 0 Å². The normalized spacial score (nSPS) is 16.2. The molecular weight excluding hydrogens is 564 g/mol. The van der Waals surface area contributed by atoms with Crippen LogP contribution in [0.25, 0.3) is 22.3 Å². The van der Waals surface area contributed by atoms with Crippen LogP contribution in [0.5, 0.6) is 5.75 Å². The fraction of sp³-hybridized carbons (Fsp3) is 0.385. The first-order valence-electron chi connectivity index (χ1n) is 15.9. The topological polar surface area (TPSA) is 71.1 Å². The number of esters is 2. The van der Waals surface area contributed by atoms with E-state index in [-0.39, 0.29) is 30.9 Å². The van der Waals surface area contributed by atoms with Gasteiger partial charge in [0.1, 0.15) is 11.9 Å². The summed E-state index contributed by atoms with van der Waals surface area (Å²) in [6.07, 6.45) is 8.16. The van der Waals surface area contributed by atoms with Gasteiger partial charge in [0.05, 0.1) is 24.4 Å². The lowest BCUT2D eigenvalue weighted by atomic mass is 9.82. The van der Waals surface area contributed by atoms with E-state index < -0.39 is 5.97 Å². The quantitative estimate of drug-likeness (QED) is 0.0743. The van der Waals surface area contributed by atoms with Crippen LogP contribution in [0.15, 0.2) is 91.0 Å². The molecule has 0 atom stereocenters. The lowest BCUT2D eigenvalue weighted by Gasteiger charge is -2.29. The van der Waals surface area contributed by atoms with Gasteiger partial charge in [0.2, 0.25) is 0 Å². The van der Waals surface area contributed by atoms with Gasteiger partial charge in [-0.25, -0.2) is 9.59 Å². The van der Waals surface area contributed by atoms with Crippen LogP contribution < -0.4 is 4.74 Å². The lowest BCUT2D eigenvalue weighted by molar-refractivity contribution is -0.146. The summed E-state index contributed by atoms with van der Waals surface area (Å²) >= 11 is 0. The van der Waals surface area contributed by atoms with Crippen molar-refractivity contribution in [2.75, 3.05) is 27.4 Å². The maximum atomic E-state index is 12.6. The van der Waals surface area contributed by atoms with Crippen LogP contribution in [-0.2, 0) is 30.2 Å². The second-order valence-corrected chi connectivity index (χ2v) is 11.8. The van der Waals surface area contributed by atoms with Gasteiger partial charge in [-0.05, 0) is 90.0 Å². The fourth-order valence-electron chi connectivity index (χ4n) is 5.84. The van der Waals surface area contributed by atoms with Crippen molar-refractivity contribution in [1.29, 1.82) is 0 Å². The maximum Gasteiger partial charge on any atom is 0.341 e. The molecule has 0 saturated heterocycles. The Morgan fingerprint density at radius 3 is 1.96 bits per heavy atom. The number of hydrogen-bond acceptors (Lipinski definition) is 6. The molecule has 0 aliphatic heterocycles. The van der Waals surface area contributed by atoms with Crippen LogP contribution in [0.3, 0.4) is 0 Å². The first kappa shape index (κ1) is 33.9. The molecule has 3 aromatic rings. The number of rotatable bonds is 15. The van der Waals surface area contributed by atoms with Gasteiger partial charge in [0.25, 0.3) is 0 Å². The summed E-state index contributed by atoms with van der Waals surface area (Å²) in [6.45, 7) is 10.0. The standard InChI is InChI=1S/C39H46O6/c1-6-7-8-9-29-10-12-33(13-11-29)37-24-35(45-39(41)28(3)26-43-5)22-23-36(37)32-16-14-30(15-17-32)31-18-20-34(21-19-31)44-38(40)27(2)25-42-4/h10-17,22-24,31,34H,2-3,6-9,18-21,25-26H2,1,4-5H3. The number of ether oxygens (including phenoxy) is 4. The van der Waals surface area contributed by atoms with Crippen LogP contribution in [-0.4, -0.2) is 45.5 Å².